The van der Waals surface area contributed by atoms with Crippen LogP contribution in [0.5, 0.6) is 5.75 Å². The van der Waals surface area contributed by atoms with E-state index in [9.17, 15) is 18.9 Å². The molecule has 6 nitrogen and oxygen atoms in total. The summed E-state index contributed by atoms with van der Waals surface area (Å²) in [5, 5.41) is 18.7. The van der Waals surface area contributed by atoms with Crippen LogP contribution < -0.4 is 4.74 Å². The molecule has 1 fully saturated rings. The summed E-state index contributed by atoms with van der Waals surface area (Å²) in [6, 6.07) is 16.1. The van der Waals surface area contributed by atoms with E-state index in [0.29, 0.717) is 41.7 Å². The predicted octanol–water partition coefficient (Wildman–Crippen LogP) is 3.02. The predicted molar refractivity (Wildman–Crippen MR) is 114 cm³/mol. The van der Waals surface area contributed by atoms with Gasteiger partial charge in [0.25, 0.3) is 0 Å². The van der Waals surface area contributed by atoms with E-state index in [1.165, 1.54) is 6.26 Å². The number of benzene rings is 2. The number of hydrogen-bond acceptors (Lipinski definition) is 6. The van der Waals surface area contributed by atoms with Crippen LogP contribution in [0.3, 0.4) is 0 Å². The minimum atomic E-state index is -3.21. The SMILES string of the molecule is C[C@@H]1CN(CCc2c(C#N)cccc2C#N)C[C@H]1COc1ccc(S(C)(=O)=O)cc1. The standard InChI is InChI=1S/C23H25N3O3S/c1-17-14-26(11-10-23-18(12-24)4-3-5-19(23)13-25)15-20(17)16-29-21-6-8-22(9-7-21)30(2,27)28/h3-9,17,20H,10-11,14-16H2,1-2H3/t17-,20+/m1/s1. The molecule has 0 bridgehead atoms. The van der Waals surface area contributed by atoms with Crippen LogP contribution in [0.1, 0.15) is 23.6 Å². The molecular formula is C23H25N3O3S. The van der Waals surface area contributed by atoms with E-state index in [0.717, 1.165) is 25.2 Å². The molecule has 30 heavy (non-hydrogen) atoms. The lowest BCUT2D eigenvalue weighted by molar-refractivity contribution is 0.225. The molecule has 156 valence electrons. The largest absolute Gasteiger partial charge is 0.493 e. The fourth-order valence-electron chi connectivity index (χ4n) is 3.86. The zero-order valence-corrected chi connectivity index (χ0v) is 18.0. The quantitative estimate of drug-likeness (QED) is 0.679. The fraction of sp³-hybridized carbons (Fsp3) is 0.391. The van der Waals surface area contributed by atoms with Crippen LogP contribution in [-0.2, 0) is 16.3 Å². The molecule has 2 aromatic carbocycles. The molecule has 0 radical (unpaired) electrons. The highest BCUT2D eigenvalue weighted by atomic mass is 32.2. The summed E-state index contributed by atoms with van der Waals surface area (Å²) >= 11 is 0. The first kappa shape index (κ1) is 21.8. The molecule has 2 aromatic rings. The Kier molecular flexibility index (Phi) is 6.77. The van der Waals surface area contributed by atoms with Crippen molar-refractivity contribution in [1.82, 2.24) is 4.90 Å². The number of likely N-dealkylation sites (tertiary alicyclic amines) is 1. The minimum Gasteiger partial charge on any atom is -0.493 e. The first-order valence-corrected chi connectivity index (χ1v) is 11.8. The maximum atomic E-state index is 11.6. The van der Waals surface area contributed by atoms with Gasteiger partial charge in [-0.1, -0.05) is 13.0 Å². The molecule has 3 rings (SSSR count). The van der Waals surface area contributed by atoms with Gasteiger partial charge in [-0.2, -0.15) is 10.5 Å². The van der Waals surface area contributed by atoms with Crippen molar-refractivity contribution in [1.29, 1.82) is 10.5 Å². The van der Waals surface area contributed by atoms with E-state index in [2.05, 4.69) is 24.0 Å². The highest BCUT2D eigenvalue weighted by Crippen LogP contribution is 2.25. The second-order valence-corrected chi connectivity index (χ2v) is 9.87. The highest BCUT2D eigenvalue weighted by molar-refractivity contribution is 7.90. The Labute approximate surface area is 178 Å². The van der Waals surface area contributed by atoms with E-state index in [1.54, 1.807) is 42.5 Å². The normalized spacial score (nSPS) is 19.2. The third kappa shape index (κ3) is 5.18. The van der Waals surface area contributed by atoms with Crippen LogP contribution in [0.25, 0.3) is 0 Å². The molecule has 7 heteroatoms. The molecule has 0 unspecified atom stereocenters. The van der Waals surface area contributed by atoms with Gasteiger partial charge in [-0.15, -0.1) is 0 Å². The lowest BCUT2D eigenvalue weighted by Crippen LogP contribution is -2.25. The van der Waals surface area contributed by atoms with Gasteiger partial charge in [0.2, 0.25) is 0 Å². The molecule has 0 aliphatic carbocycles. The Morgan fingerprint density at radius 2 is 1.70 bits per heavy atom. The topological polar surface area (TPSA) is 94.2 Å². The average molecular weight is 424 g/mol. The van der Waals surface area contributed by atoms with Crippen molar-refractivity contribution in [2.24, 2.45) is 11.8 Å². The molecule has 0 amide bonds. The van der Waals surface area contributed by atoms with Gasteiger partial charge in [-0.3, -0.25) is 0 Å². The third-order valence-corrected chi connectivity index (χ3v) is 6.78. The fourth-order valence-corrected chi connectivity index (χ4v) is 4.49. The van der Waals surface area contributed by atoms with Crippen molar-refractivity contribution in [3.05, 3.63) is 59.2 Å². The van der Waals surface area contributed by atoms with Gasteiger partial charge in [0.15, 0.2) is 9.84 Å². The average Bonchev–Trinajstić information content (AvgIpc) is 3.09. The molecule has 0 spiro atoms. The van der Waals surface area contributed by atoms with E-state index in [4.69, 9.17) is 4.74 Å². The van der Waals surface area contributed by atoms with Crippen LogP contribution in [0.15, 0.2) is 47.4 Å². The van der Waals surface area contributed by atoms with Crippen molar-refractivity contribution in [2.75, 3.05) is 32.5 Å². The summed E-state index contributed by atoms with van der Waals surface area (Å²) in [5.74, 6) is 1.48. The van der Waals surface area contributed by atoms with Crippen LogP contribution in [0, 0.1) is 34.5 Å². The molecule has 2 atom stereocenters. The van der Waals surface area contributed by atoms with Crippen molar-refractivity contribution in [3.8, 4) is 17.9 Å². The third-order valence-electron chi connectivity index (χ3n) is 5.65. The second-order valence-electron chi connectivity index (χ2n) is 7.86. The smallest absolute Gasteiger partial charge is 0.175 e. The van der Waals surface area contributed by atoms with Crippen molar-refractivity contribution in [2.45, 2.75) is 18.2 Å². The van der Waals surface area contributed by atoms with Gasteiger partial charge in [-0.25, -0.2) is 8.42 Å². The number of hydrogen-bond donors (Lipinski definition) is 0. The van der Waals surface area contributed by atoms with Gasteiger partial charge in [-0.05, 0) is 54.3 Å². The van der Waals surface area contributed by atoms with Crippen molar-refractivity contribution >= 4 is 9.84 Å². The number of ether oxygens (including phenoxy) is 1. The minimum absolute atomic E-state index is 0.282. The Bertz CT molecular complexity index is 1050. The summed E-state index contributed by atoms with van der Waals surface area (Å²) < 4.78 is 29.0. The van der Waals surface area contributed by atoms with Crippen molar-refractivity contribution < 1.29 is 13.2 Å². The van der Waals surface area contributed by atoms with Crippen LogP contribution in [0.4, 0.5) is 0 Å². The highest BCUT2D eigenvalue weighted by Gasteiger charge is 2.30. The number of sulfone groups is 1. The monoisotopic (exact) mass is 423 g/mol. The Hall–Kier alpha value is -2.87. The summed E-state index contributed by atoms with van der Waals surface area (Å²) in [7, 11) is -3.21. The second kappa shape index (κ2) is 9.30. The Morgan fingerprint density at radius 1 is 1.07 bits per heavy atom. The summed E-state index contributed by atoms with van der Waals surface area (Å²) in [6.07, 6.45) is 1.85. The van der Waals surface area contributed by atoms with E-state index in [-0.39, 0.29) is 4.90 Å². The number of rotatable bonds is 7. The zero-order valence-electron chi connectivity index (χ0n) is 17.2. The number of nitriles is 2. The van der Waals surface area contributed by atoms with Gasteiger partial charge >= 0.3 is 0 Å². The lowest BCUT2D eigenvalue weighted by atomic mass is 9.99. The maximum Gasteiger partial charge on any atom is 0.175 e. The van der Waals surface area contributed by atoms with E-state index >= 15 is 0 Å². The molecule has 0 N–H and O–H groups in total. The summed E-state index contributed by atoms with van der Waals surface area (Å²) in [5.41, 5.74) is 1.96. The number of nitrogens with zero attached hydrogens (tertiary/aromatic N) is 3. The molecule has 1 aliphatic rings. The van der Waals surface area contributed by atoms with Crippen molar-refractivity contribution in [3.63, 3.8) is 0 Å². The first-order valence-electron chi connectivity index (χ1n) is 9.89. The van der Waals surface area contributed by atoms with E-state index < -0.39 is 9.84 Å². The summed E-state index contributed by atoms with van der Waals surface area (Å²) in [6.45, 7) is 5.38. The van der Waals surface area contributed by atoms with Crippen LogP contribution >= 0.6 is 0 Å². The molecule has 0 aromatic heterocycles. The Balaban J connectivity index is 1.55. The summed E-state index contributed by atoms with van der Waals surface area (Å²) in [4.78, 5) is 2.63. The molecular weight excluding hydrogens is 398 g/mol. The van der Waals surface area contributed by atoms with E-state index in [1.807, 2.05) is 0 Å². The lowest BCUT2D eigenvalue weighted by Gasteiger charge is -2.17. The molecule has 1 aliphatic heterocycles. The van der Waals surface area contributed by atoms with Crippen LogP contribution in [0.2, 0.25) is 0 Å². The molecule has 1 saturated heterocycles. The Morgan fingerprint density at radius 3 is 2.27 bits per heavy atom. The van der Waals surface area contributed by atoms with Gasteiger partial charge < -0.3 is 9.64 Å². The van der Waals surface area contributed by atoms with Gasteiger partial charge in [0, 0.05) is 31.8 Å². The molecule has 0 saturated carbocycles. The maximum absolute atomic E-state index is 11.6. The van der Waals surface area contributed by atoms with Gasteiger partial charge in [0.1, 0.15) is 5.75 Å². The van der Waals surface area contributed by atoms with Crippen LogP contribution in [-0.4, -0.2) is 45.8 Å². The van der Waals surface area contributed by atoms with Gasteiger partial charge in [0.05, 0.1) is 34.8 Å². The molecule has 1 heterocycles. The first-order chi connectivity index (χ1) is 14.3. The zero-order chi connectivity index (χ0) is 21.7.